The van der Waals surface area contributed by atoms with Gasteiger partial charge in [0.05, 0.1) is 17.5 Å². The number of hydroxylamine groups is 2. The van der Waals surface area contributed by atoms with Crippen molar-refractivity contribution in [1.29, 1.82) is 0 Å². The Balaban J connectivity index is 1.64. The molecule has 0 unspecified atom stereocenters. The van der Waals surface area contributed by atoms with Gasteiger partial charge in [-0.1, -0.05) is 17.2 Å². The monoisotopic (exact) mass is 314 g/mol. The maximum absolute atomic E-state index is 12.1. The molecule has 0 saturated heterocycles. The molecule has 0 saturated carbocycles. The summed E-state index contributed by atoms with van der Waals surface area (Å²) in [4.78, 5) is 41.0. The molecule has 0 radical (unpaired) electrons. The van der Waals surface area contributed by atoms with E-state index in [1.807, 2.05) is 0 Å². The lowest BCUT2D eigenvalue weighted by atomic mass is 10.1. The Hall–Kier alpha value is -3.03. The molecule has 2 aromatic rings. The first kappa shape index (κ1) is 14.9. The molecule has 1 aliphatic rings. The fraction of sp³-hybridized carbons (Fsp3) is 0.267. The molecule has 8 heteroatoms. The molecule has 0 fully saturated rings. The van der Waals surface area contributed by atoms with Gasteiger partial charge in [-0.2, -0.15) is 0 Å². The van der Waals surface area contributed by atoms with Crippen molar-refractivity contribution >= 4 is 17.8 Å². The number of hydrogen-bond acceptors (Lipinski definition) is 6. The fourth-order valence-electron chi connectivity index (χ4n) is 2.28. The summed E-state index contributed by atoms with van der Waals surface area (Å²) >= 11 is 0. The standard InChI is InChI=1S/C15H14N4O4/c1-9-16-17-12(18(9)2)7-8-13(20)23-19-14(21)10-5-3-4-6-11(10)15(19)22/h3-6H,7-8H2,1-2H3. The zero-order valence-electron chi connectivity index (χ0n) is 12.6. The van der Waals surface area contributed by atoms with Crippen LogP contribution in [0, 0.1) is 6.92 Å². The molecule has 0 aliphatic carbocycles. The van der Waals surface area contributed by atoms with E-state index in [-0.39, 0.29) is 17.5 Å². The summed E-state index contributed by atoms with van der Waals surface area (Å²) in [6.45, 7) is 1.80. The Morgan fingerprint density at radius 3 is 2.26 bits per heavy atom. The van der Waals surface area contributed by atoms with E-state index >= 15 is 0 Å². The first-order valence-corrected chi connectivity index (χ1v) is 7.02. The third-order valence-corrected chi connectivity index (χ3v) is 3.69. The number of nitrogens with zero attached hydrogens (tertiary/aromatic N) is 4. The third-order valence-electron chi connectivity index (χ3n) is 3.69. The average Bonchev–Trinajstić information content (AvgIpc) is 2.99. The van der Waals surface area contributed by atoms with Crippen LogP contribution in [0.4, 0.5) is 0 Å². The van der Waals surface area contributed by atoms with Gasteiger partial charge in [-0.05, 0) is 19.1 Å². The Morgan fingerprint density at radius 1 is 1.13 bits per heavy atom. The van der Waals surface area contributed by atoms with E-state index in [0.29, 0.717) is 17.3 Å². The molecule has 0 atom stereocenters. The van der Waals surface area contributed by atoms with E-state index in [9.17, 15) is 14.4 Å². The van der Waals surface area contributed by atoms with Crippen LogP contribution in [0.15, 0.2) is 24.3 Å². The van der Waals surface area contributed by atoms with Gasteiger partial charge in [0.2, 0.25) is 0 Å². The van der Waals surface area contributed by atoms with Gasteiger partial charge in [0.1, 0.15) is 11.6 Å². The van der Waals surface area contributed by atoms with Crippen molar-refractivity contribution in [2.75, 3.05) is 0 Å². The summed E-state index contributed by atoms with van der Waals surface area (Å²) in [5, 5.41) is 8.34. The number of aryl methyl sites for hydroxylation is 2. The normalized spacial score (nSPS) is 13.4. The molecule has 2 amide bonds. The molecule has 0 spiro atoms. The van der Waals surface area contributed by atoms with Gasteiger partial charge in [0, 0.05) is 13.5 Å². The number of carbonyl (C=O) groups excluding carboxylic acids is 3. The van der Waals surface area contributed by atoms with Crippen LogP contribution in [-0.2, 0) is 23.1 Å². The molecule has 1 aromatic carbocycles. The molecule has 2 heterocycles. The Morgan fingerprint density at radius 2 is 1.74 bits per heavy atom. The van der Waals surface area contributed by atoms with E-state index in [1.165, 1.54) is 12.1 Å². The lowest BCUT2D eigenvalue weighted by Gasteiger charge is -2.12. The Bertz CT molecular complexity index is 777. The summed E-state index contributed by atoms with van der Waals surface area (Å²) in [5.74, 6) is -0.586. The predicted octanol–water partition coefficient (Wildman–Crippen LogP) is 0.811. The van der Waals surface area contributed by atoms with Crippen molar-refractivity contribution < 1.29 is 19.2 Å². The minimum Gasteiger partial charge on any atom is -0.330 e. The number of amides is 2. The van der Waals surface area contributed by atoms with Crippen molar-refractivity contribution in [3.05, 3.63) is 47.0 Å². The van der Waals surface area contributed by atoms with Gasteiger partial charge in [-0.25, -0.2) is 4.79 Å². The van der Waals surface area contributed by atoms with Crippen molar-refractivity contribution in [3.63, 3.8) is 0 Å². The molecule has 0 N–H and O–H groups in total. The van der Waals surface area contributed by atoms with Gasteiger partial charge >= 0.3 is 5.97 Å². The second-order valence-corrected chi connectivity index (χ2v) is 5.14. The van der Waals surface area contributed by atoms with Crippen molar-refractivity contribution in [3.8, 4) is 0 Å². The van der Waals surface area contributed by atoms with Gasteiger partial charge in [0.25, 0.3) is 11.8 Å². The van der Waals surface area contributed by atoms with E-state index in [1.54, 1.807) is 30.7 Å². The molecule has 1 aliphatic heterocycles. The largest absolute Gasteiger partial charge is 0.333 e. The summed E-state index contributed by atoms with van der Waals surface area (Å²) in [5.41, 5.74) is 0.462. The highest BCUT2D eigenvalue weighted by molar-refractivity contribution is 6.20. The highest BCUT2D eigenvalue weighted by atomic mass is 16.7. The molecule has 0 bridgehead atoms. The Labute approximate surface area is 131 Å². The summed E-state index contributed by atoms with van der Waals surface area (Å²) in [6, 6.07) is 6.33. The minimum absolute atomic E-state index is 0.0145. The van der Waals surface area contributed by atoms with E-state index in [2.05, 4.69) is 10.2 Å². The van der Waals surface area contributed by atoms with Crippen molar-refractivity contribution in [2.24, 2.45) is 7.05 Å². The van der Waals surface area contributed by atoms with E-state index in [4.69, 9.17) is 4.84 Å². The second kappa shape index (κ2) is 5.64. The van der Waals surface area contributed by atoms with Crippen LogP contribution in [0.1, 0.15) is 38.8 Å². The molecular formula is C15H14N4O4. The molecule has 118 valence electrons. The van der Waals surface area contributed by atoms with Crippen LogP contribution in [0.3, 0.4) is 0 Å². The van der Waals surface area contributed by atoms with Crippen molar-refractivity contribution in [2.45, 2.75) is 19.8 Å². The number of carbonyl (C=O) groups is 3. The number of benzene rings is 1. The predicted molar refractivity (Wildman–Crippen MR) is 77.1 cm³/mol. The van der Waals surface area contributed by atoms with Crippen molar-refractivity contribution in [1.82, 2.24) is 19.8 Å². The summed E-state index contributed by atoms with van der Waals surface area (Å²) in [7, 11) is 1.79. The smallest absolute Gasteiger partial charge is 0.330 e. The number of aromatic nitrogens is 3. The van der Waals surface area contributed by atoms with Gasteiger partial charge < -0.3 is 9.40 Å². The first-order valence-electron chi connectivity index (χ1n) is 7.02. The zero-order valence-corrected chi connectivity index (χ0v) is 12.6. The summed E-state index contributed by atoms with van der Waals surface area (Å²) in [6.07, 6.45) is 0.290. The maximum Gasteiger partial charge on any atom is 0.333 e. The maximum atomic E-state index is 12.1. The molecule has 8 nitrogen and oxygen atoms in total. The Kier molecular flexibility index (Phi) is 3.65. The van der Waals surface area contributed by atoms with Gasteiger partial charge in [-0.15, -0.1) is 10.2 Å². The molecule has 1 aromatic heterocycles. The quantitative estimate of drug-likeness (QED) is 0.775. The highest BCUT2D eigenvalue weighted by Crippen LogP contribution is 2.22. The number of rotatable bonds is 4. The van der Waals surface area contributed by atoms with Crippen LogP contribution >= 0.6 is 0 Å². The lowest BCUT2D eigenvalue weighted by molar-refractivity contribution is -0.168. The number of hydrogen-bond donors (Lipinski definition) is 0. The second-order valence-electron chi connectivity index (χ2n) is 5.14. The van der Waals surface area contributed by atoms with Crippen LogP contribution in [0.5, 0.6) is 0 Å². The van der Waals surface area contributed by atoms with Gasteiger partial charge in [0.15, 0.2) is 0 Å². The minimum atomic E-state index is -0.680. The fourth-order valence-corrected chi connectivity index (χ4v) is 2.28. The van der Waals surface area contributed by atoms with E-state index < -0.39 is 17.8 Å². The molecular weight excluding hydrogens is 300 g/mol. The SMILES string of the molecule is Cc1nnc(CCC(=O)ON2C(=O)c3ccccc3C2=O)n1C. The highest BCUT2D eigenvalue weighted by Gasteiger charge is 2.38. The summed E-state index contributed by atoms with van der Waals surface area (Å²) < 4.78 is 1.76. The third kappa shape index (κ3) is 2.59. The lowest BCUT2D eigenvalue weighted by Crippen LogP contribution is -2.32. The van der Waals surface area contributed by atoms with Crippen LogP contribution in [0.25, 0.3) is 0 Å². The zero-order chi connectivity index (χ0) is 16.6. The topological polar surface area (TPSA) is 94.4 Å². The molecule has 3 rings (SSSR count). The van der Waals surface area contributed by atoms with Crippen LogP contribution < -0.4 is 0 Å². The van der Waals surface area contributed by atoms with Crippen LogP contribution in [0.2, 0.25) is 0 Å². The van der Waals surface area contributed by atoms with E-state index in [0.717, 1.165) is 5.82 Å². The average molecular weight is 314 g/mol. The first-order chi connectivity index (χ1) is 11.0. The molecule has 23 heavy (non-hydrogen) atoms. The number of imide groups is 1. The van der Waals surface area contributed by atoms with Crippen LogP contribution in [-0.4, -0.2) is 37.6 Å². The number of fused-ring (bicyclic) bond motifs is 1. The van der Waals surface area contributed by atoms with Gasteiger partial charge in [-0.3, -0.25) is 9.59 Å².